The highest BCUT2D eigenvalue weighted by atomic mass is 16.5. The molecule has 0 aromatic heterocycles. The summed E-state index contributed by atoms with van der Waals surface area (Å²) in [6, 6.07) is 2.29. The average Bonchev–Trinajstić information content (AvgIpc) is 2.58. The van der Waals surface area contributed by atoms with Crippen molar-refractivity contribution < 1.29 is 19.4 Å². The molecule has 2 atom stereocenters. The van der Waals surface area contributed by atoms with E-state index in [0.29, 0.717) is 13.0 Å². The smallest absolute Gasteiger partial charge is 0.309 e. The Kier molecular flexibility index (Phi) is 12.3. The Hall–Kier alpha value is -1.57. The normalized spacial score (nSPS) is 14.8. The van der Waals surface area contributed by atoms with Gasteiger partial charge in [0, 0.05) is 6.42 Å². The Morgan fingerprint density at radius 1 is 1.11 bits per heavy atom. The fourth-order valence-electron chi connectivity index (χ4n) is 2.93. The molecule has 27 heavy (non-hydrogen) atoms. The van der Waals surface area contributed by atoms with E-state index >= 15 is 0 Å². The van der Waals surface area contributed by atoms with Gasteiger partial charge in [-0.3, -0.25) is 9.59 Å². The van der Waals surface area contributed by atoms with Crippen molar-refractivity contribution in [2.45, 2.75) is 94.4 Å². The van der Waals surface area contributed by atoms with E-state index in [1.807, 2.05) is 34.6 Å². The molecular weight excluding hydrogens is 342 g/mol. The van der Waals surface area contributed by atoms with Crippen LogP contribution in [0.3, 0.4) is 0 Å². The van der Waals surface area contributed by atoms with Crippen LogP contribution in [0.4, 0.5) is 0 Å². The standard InChI is InChI=1S/C20H35NO4.C2H6/c1-8-9-12-25-17(24)15(13-18(2,3)4)19(5,6)20(7,14-21)11-10-16(22)23;1-2/h15H,8-13H2,1-7H3,(H,22,23);1-2H3. The molecule has 2 unspecified atom stereocenters. The van der Waals surface area contributed by atoms with Gasteiger partial charge in [-0.05, 0) is 37.0 Å². The van der Waals surface area contributed by atoms with Crippen molar-refractivity contribution in [3.05, 3.63) is 0 Å². The number of nitriles is 1. The minimum Gasteiger partial charge on any atom is -0.481 e. The van der Waals surface area contributed by atoms with Gasteiger partial charge in [-0.15, -0.1) is 0 Å². The molecule has 0 aromatic rings. The van der Waals surface area contributed by atoms with Gasteiger partial charge in [0.05, 0.1) is 24.0 Å². The number of carbonyl (C=O) groups is 2. The third kappa shape index (κ3) is 9.26. The van der Waals surface area contributed by atoms with Gasteiger partial charge in [0.15, 0.2) is 0 Å². The van der Waals surface area contributed by atoms with Crippen LogP contribution in [0.2, 0.25) is 0 Å². The molecule has 5 heteroatoms. The molecule has 0 aromatic carbocycles. The van der Waals surface area contributed by atoms with E-state index in [0.717, 1.165) is 12.8 Å². The molecule has 0 aliphatic heterocycles. The first-order valence-electron chi connectivity index (χ1n) is 10.1. The molecule has 0 saturated heterocycles. The Balaban J connectivity index is 0. The first kappa shape index (κ1) is 27.6. The largest absolute Gasteiger partial charge is 0.481 e. The number of hydrogen-bond donors (Lipinski definition) is 1. The minimum absolute atomic E-state index is 0.0966. The lowest BCUT2D eigenvalue weighted by molar-refractivity contribution is -0.158. The van der Waals surface area contributed by atoms with Crippen LogP contribution >= 0.6 is 0 Å². The zero-order valence-electron chi connectivity index (χ0n) is 18.9. The molecule has 1 N–H and O–H groups in total. The number of carbonyl (C=O) groups excluding carboxylic acids is 1. The molecule has 0 heterocycles. The number of hydrogen-bond acceptors (Lipinski definition) is 4. The third-order valence-corrected chi connectivity index (χ3v) is 5.22. The predicted octanol–water partition coefficient (Wildman–Crippen LogP) is 5.83. The lowest BCUT2D eigenvalue weighted by Crippen LogP contribution is -2.46. The van der Waals surface area contributed by atoms with Crippen molar-refractivity contribution in [2.24, 2.45) is 22.2 Å². The number of carboxylic acids is 1. The first-order chi connectivity index (χ1) is 12.3. The van der Waals surface area contributed by atoms with Crippen molar-refractivity contribution in [3.63, 3.8) is 0 Å². The van der Waals surface area contributed by atoms with E-state index in [-0.39, 0.29) is 24.2 Å². The number of nitrogens with zero attached hydrogens (tertiary/aromatic N) is 1. The van der Waals surface area contributed by atoms with Crippen LogP contribution in [0.25, 0.3) is 0 Å². The SMILES string of the molecule is CC.CCCCOC(=O)C(CC(C)(C)C)C(C)(C)C(C)(C#N)CCC(=O)O. The molecule has 0 saturated carbocycles. The maximum Gasteiger partial charge on any atom is 0.309 e. The molecule has 5 nitrogen and oxygen atoms in total. The number of ether oxygens (including phenoxy) is 1. The second-order valence-electron chi connectivity index (χ2n) is 8.90. The summed E-state index contributed by atoms with van der Waals surface area (Å²) in [5.41, 5.74) is -1.77. The van der Waals surface area contributed by atoms with Gasteiger partial charge in [-0.2, -0.15) is 5.26 Å². The van der Waals surface area contributed by atoms with Crippen LogP contribution < -0.4 is 0 Å². The molecule has 0 fully saturated rings. The van der Waals surface area contributed by atoms with Gasteiger partial charge in [-0.1, -0.05) is 61.8 Å². The van der Waals surface area contributed by atoms with Gasteiger partial charge in [0.2, 0.25) is 0 Å². The molecule has 0 bridgehead atoms. The van der Waals surface area contributed by atoms with Crippen molar-refractivity contribution in [1.29, 1.82) is 5.26 Å². The van der Waals surface area contributed by atoms with E-state index in [1.54, 1.807) is 6.92 Å². The Morgan fingerprint density at radius 2 is 1.63 bits per heavy atom. The second-order valence-corrected chi connectivity index (χ2v) is 8.90. The molecule has 158 valence electrons. The van der Waals surface area contributed by atoms with Gasteiger partial charge < -0.3 is 9.84 Å². The highest BCUT2D eigenvalue weighted by Crippen LogP contribution is 2.51. The molecule has 0 amide bonds. The fraction of sp³-hybridized carbons (Fsp3) is 0.864. The summed E-state index contributed by atoms with van der Waals surface area (Å²) in [4.78, 5) is 23.8. The van der Waals surface area contributed by atoms with E-state index < -0.39 is 22.7 Å². The molecule has 0 spiro atoms. The zero-order chi connectivity index (χ0) is 21.9. The van der Waals surface area contributed by atoms with Gasteiger partial charge >= 0.3 is 11.9 Å². The third-order valence-electron chi connectivity index (χ3n) is 5.22. The summed E-state index contributed by atoms with van der Waals surface area (Å²) in [7, 11) is 0. The average molecular weight is 384 g/mol. The van der Waals surface area contributed by atoms with Crippen LogP contribution in [0.15, 0.2) is 0 Å². The fourth-order valence-corrected chi connectivity index (χ4v) is 2.93. The number of aliphatic carboxylic acids is 1. The van der Waals surface area contributed by atoms with Crippen molar-refractivity contribution in [1.82, 2.24) is 0 Å². The maximum atomic E-state index is 12.8. The first-order valence-corrected chi connectivity index (χ1v) is 10.1. The molecular formula is C22H41NO4. The Bertz CT molecular complexity index is 499. The van der Waals surface area contributed by atoms with Crippen LogP contribution in [0, 0.1) is 33.5 Å². The molecule has 0 aliphatic rings. The Labute approximate surface area is 166 Å². The van der Waals surface area contributed by atoms with Gasteiger partial charge in [0.1, 0.15) is 0 Å². The topological polar surface area (TPSA) is 87.4 Å². The molecule has 0 rings (SSSR count). The van der Waals surface area contributed by atoms with Crippen LogP contribution in [-0.4, -0.2) is 23.7 Å². The van der Waals surface area contributed by atoms with E-state index in [9.17, 15) is 14.9 Å². The molecule has 0 radical (unpaired) electrons. The highest BCUT2D eigenvalue weighted by molar-refractivity contribution is 5.74. The van der Waals surface area contributed by atoms with Gasteiger partial charge in [0.25, 0.3) is 0 Å². The Morgan fingerprint density at radius 3 is 2.00 bits per heavy atom. The monoisotopic (exact) mass is 383 g/mol. The van der Waals surface area contributed by atoms with Crippen LogP contribution in [0.5, 0.6) is 0 Å². The van der Waals surface area contributed by atoms with Crippen molar-refractivity contribution in [2.75, 3.05) is 6.61 Å². The highest BCUT2D eigenvalue weighted by Gasteiger charge is 2.50. The second kappa shape index (κ2) is 12.0. The van der Waals surface area contributed by atoms with E-state index in [4.69, 9.17) is 9.84 Å². The maximum absolute atomic E-state index is 12.8. The summed E-state index contributed by atoms with van der Waals surface area (Å²) in [6.45, 7) is 18.1. The van der Waals surface area contributed by atoms with E-state index in [2.05, 4.69) is 26.8 Å². The van der Waals surface area contributed by atoms with Crippen LogP contribution in [-0.2, 0) is 14.3 Å². The minimum atomic E-state index is -0.939. The lowest BCUT2D eigenvalue weighted by atomic mass is 9.56. The molecule has 0 aliphatic carbocycles. The summed E-state index contributed by atoms with van der Waals surface area (Å²) in [5.74, 6) is -1.69. The number of unbranched alkanes of at least 4 members (excludes halogenated alkanes) is 1. The lowest BCUT2D eigenvalue weighted by Gasteiger charge is -2.45. The van der Waals surface area contributed by atoms with Crippen LogP contribution in [0.1, 0.15) is 94.4 Å². The predicted molar refractivity (Wildman–Crippen MR) is 109 cm³/mol. The summed E-state index contributed by atoms with van der Waals surface area (Å²) in [6.07, 6.45) is 2.43. The van der Waals surface area contributed by atoms with E-state index in [1.165, 1.54) is 0 Å². The number of carboxylic acid groups (broad SMARTS) is 1. The summed E-state index contributed by atoms with van der Waals surface area (Å²) in [5, 5.41) is 18.8. The number of esters is 1. The number of rotatable bonds is 10. The van der Waals surface area contributed by atoms with Crippen molar-refractivity contribution >= 4 is 11.9 Å². The summed E-state index contributed by atoms with van der Waals surface area (Å²) >= 11 is 0. The zero-order valence-corrected chi connectivity index (χ0v) is 18.9. The van der Waals surface area contributed by atoms with Gasteiger partial charge in [-0.25, -0.2) is 0 Å². The summed E-state index contributed by atoms with van der Waals surface area (Å²) < 4.78 is 5.48. The quantitative estimate of drug-likeness (QED) is 0.379. The van der Waals surface area contributed by atoms with Crippen molar-refractivity contribution in [3.8, 4) is 6.07 Å².